The fraction of sp³-hybridized carbons (Fsp3) is 0.478. The van der Waals surface area contributed by atoms with Crippen LogP contribution in [0, 0.1) is 22.2 Å². The van der Waals surface area contributed by atoms with Gasteiger partial charge in [0.2, 0.25) is 0 Å². The lowest BCUT2D eigenvalue weighted by Crippen LogP contribution is -2.58. The minimum Gasteiger partial charge on any atom is -0.489 e. The van der Waals surface area contributed by atoms with Crippen LogP contribution in [0.4, 0.5) is 0 Å². The van der Waals surface area contributed by atoms with E-state index in [9.17, 15) is 4.79 Å². The van der Waals surface area contributed by atoms with Gasteiger partial charge in [-0.2, -0.15) is 5.26 Å². The van der Waals surface area contributed by atoms with E-state index in [0.717, 1.165) is 12.2 Å². The molecule has 0 atom stereocenters. The third-order valence-corrected chi connectivity index (χ3v) is 5.44. The molecule has 8 nitrogen and oxygen atoms in total. The molecule has 9 heteroatoms. The summed E-state index contributed by atoms with van der Waals surface area (Å²) in [4.78, 5) is 18.5. The average molecular weight is 460 g/mol. The Morgan fingerprint density at radius 1 is 1.25 bits per heavy atom. The first-order valence-corrected chi connectivity index (χ1v) is 10.6. The predicted octanol–water partition coefficient (Wildman–Crippen LogP) is 3.47. The minimum absolute atomic E-state index is 0.175. The Bertz CT molecular complexity index is 957. The Hall–Kier alpha value is -2.73. The smallest absolute Gasteiger partial charge is 0.251 e. The number of ether oxygens (including phenoxy) is 2. The van der Waals surface area contributed by atoms with Gasteiger partial charge in [-0.1, -0.05) is 39.3 Å². The molecule has 1 aliphatic rings. The molecule has 1 heterocycles. The second kappa shape index (κ2) is 10.7. The fourth-order valence-corrected chi connectivity index (χ4v) is 4.42. The van der Waals surface area contributed by atoms with Gasteiger partial charge in [0, 0.05) is 35.8 Å². The lowest BCUT2D eigenvalue weighted by molar-refractivity contribution is -0.133. The predicted molar refractivity (Wildman–Crippen MR) is 122 cm³/mol. The van der Waals surface area contributed by atoms with E-state index < -0.39 is 5.91 Å². The van der Waals surface area contributed by atoms with Crippen LogP contribution < -0.4 is 16.2 Å². The van der Waals surface area contributed by atoms with Gasteiger partial charge in [0.15, 0.2) is 5.82 Å². The van der Waals surface area contributed by atoms with Crippen LogP contribution in [0.15, 0.2) is 30.6 Å². The lowest BCUT2D eigenvalue weighted by Gasteiger charge is -2.56. The molecule has 0 radical (unpaired) electrons. The van der Waals surface area contributed by atoms with E-state index in [0.29, 0.717) is 29.6 Å². The van der Waals surface area contributed by atoms with Crippen LogP contribution in [0.3, 0.4) is 0 Å². The maximum atomic E-state index is 10.7. The van der Waals surface area contributed by atoms with Gasteiger partial charge in [0.25, 0.3) is 5.91 Å². The zero-order valence-electron chi connectivity index (χ0n) is 18.9. The summed E-state index contributed by atoms with van der Waals surface area (Å²) in [6.07, 6.45) is 4.07. The number of primary amides is 1. The number of nitrogens with two attached hydrogens (primary N) is 2. The molecule has 0 saturated heterocycles. The van der Waals surface area contributed by atoms with Gasteiger partial charge >= 0.3 is 0 Å². The quantitative estimate of drug-likeness (QED) is 0.604. The first-order chi connectivity index (χ1) is 15.0. The highest BCUT2D eigenvalue weighted by Gasteiger charge is 2.54. The largest absolute Gasteiger partial charge is 0.489 e. The van der Waals surface area contributed by atoms with Crippen LogP contribution in [-0.4, -0.2) is 35.1 Å². The standard InChI is InChI=1S/C15H18ClNO.C8H12N4O2/c1-14(2)9-15(3,4)13(14)18-11-6-5-10(8-17)12(16)7-11;9-1-2-14-5-7-11-3-6(4-12-7)8(10)13/h5-7,13H,9H2,1-4H3;3-4H,1-2,5,9H2,(H2,10,13). The van der Waals surface area contributed by atoms with Crippen LogP contribution in [-0.2, 0) is 11.3 Å². The third-order valence-electron chi connectivity index (χ3n) is 5.13. The van der Waals surface area contributed by atoms with Gasteiger partial charge in [0.1, 0.15) is 24.5 Å². The Balaban J connectivity index is 0.000000235. The molecule has 1 aromatic heterocycles. The lowest BCUT2D eigenvalue weighted by atomic mass is 9.53. The molecule has 0 bridgehead atoms. The number of aromatic nitrogens is 2. The maximum absolute atomic E-state index is 10.7. The Kier molecular flexibility index (Phi) is 8.56. The second-order valence-corrected chi connectivity index (χ2v) is 9.41. The van der Waals surface area contributed by atoms with Crippen molar-refractivity contribution in [3.05, 3.63) is 52.6 Å². The molecule has 1 saturated carbocycles. The molecule has 172 valence electrons. The summed E-state index contributed by atoms with van der Waals surface area (Å²) >= 11 is 6.01. The molecule has 1 amide bonds. The summed E-state index contributed by atoms with van der Waals surface area (Å²) in [5.41, 5.74) is 11.4. The van der Waals surface area contributed by atoms with Crippen molar-refractivity contribution in [2.75, 3.05) is 13.2 Å². The molecule has 0 unspecified atom stereocenters. The molecule has 3 rings (SSSR count). The van der Waals surface area contributed by atoms with Crippen LogP contribution in [0.2, 0.25) is 5.02 Å². The summed E-state index contributed by atoms with van der Waals surface area (Å²) in [5.74, 6) is 0.702. The number of rotatable bonds is 7. The van der Waals surface area contributed by atoms with Gasteiger partial charge in [-0.3, -0.25) is 4.79 Å². The molecule has 4 N–H and O–H groups in total. The van der Waals surface area contributed by atoms with Crippen LogP contribution in [0.5, 0.6) is 5.75 Å². The van der Waals surface area contributed by atoms with Crippen LogP contribution >= 0.6 is 11.6 Å². The molecule has 1 aliphatic carbocycles. The SMILES string of the molecule is CC1(C)CC(C)(C)C1Oc1ccc(C#N)c(Cl)c1.NCCOCc1ncc(C(N)=O)cn1. The monoisotopic (exact) mass is 459 g/mol. The van der Waals surface area contributed by atoms with Crippen molar-refractivity contribution in [3.8, 4) is 11.8 Å². The van der Waals surface area contributed by atoms with E-state index in [-0.39, 0.29) is 29.1 Å². The van der Waals surface area contributed by atoms with Gasteiger partial charge < -0.3 is 20.9 Å². The number of benzene rings is 1. The normalized spacial score (nSPS) is 16.2. The number of halogens is 1. The van der Waals surface area contributed by atoms with Crippen molar-refractivity contribution in [1.82, 2.24) is 9.97 Å². The average Bonchev–Trinajstić information content (AvgIpc) is 2.72. The molecule has 0 spiro atoms. The molecule has 0 aliphatic heterocycles. The number of carbonyl (C=O) groups is 1. The van der Waals surface area contributed by atoms with Crippen molar-refractivity contribution in [2.45, 2.75) is 46.8 Å². The van der Waals surface area contributed by atoms with Crippen molar-refractivity contribution >= 4 is 17.5 Å². The van der Waals surface area contributed by atoms with Crippen molar-refractivity contribution < 1.29 is 14.3 Å². The molecule has 32 heavy (non-hydrogen) atoms. The molecular weight excluding hydrogens is 430 g/mol. The van der Waals surface area contributed by atoms with Crippen molar-refractivity contribution in [2.24, 2.45) is 22.3 Å². The van der Waals surface area contributed by atoms with Gasteiger partial charge in [-0.05, 0) is 18.6 Å². The first kappa shape index (κ1) is 25.5. The topological polar surface area (TPSA) is 137 Å². The maximum Gasteiger partial charge on any atom is 0.251 e. The summed E-state index contributed by atoms with van der Waals surface area (Å²) < 4.78 is 11.2. The number of nitriles is 1. The highest BCUT2D eigenvalue weighted by Crippen LogP contribution is 2.55. The fourth-order valence-electron chi connectivity index (χ4n) is 4.20. The summed E-state index contributed by atoms with van der Waals surface area (Å²) in [7, 11) is 0. The number of hydrogen-bond donors (Lipinski definition) is 2. The van der Waals surface area contributed by atoms with Crippen molar-refractivity contribution in [1.29, 1.82) is 5.26 Å². The molecule has 1 fully saturated rings. The van der Waals surface area contributed by atoms with E-state index >= 15 is 0 Å². The summed E-state index contributed by atoms with van der Waals surface area (Å²) in [5, 5.41) is 9.29. The second-order valence-electron chi connectivity index (χ2n) is 9.00. The third kappa shape index (κ3) is 6.63. The first-order valence-electron chi connectivity index (χ1n) is 10.2. The number of nitrogens with zero attached hydrogens (tertiary/aromatic N) is 3. The molecule has 2 aromatic rings. The summed E-state index contributed by atoms with van der Waals surface area (Å²) in [6.45, 7) is 10.1. The number of carbonyl (C=O) groups excluding carboxylic acids is 1. The highest BCUT2D eigenvalue weighted by atomic mass is 35.5. The Morgan fingerprint density at radius 3 is 2.34 bits per heavy atom. The van der Waals surface area contributed by atoms with E-state index in [4.69, 9.17) is 37.8 Å². The van der Waals surface area contributed by atoms with Crippen molar-refractivity contribution in [3.63, 3.8) is 0 Å². The molecule has 1 aromatic carbocycles. The number of hydrogen-bond acceptors (Lipinski definition) is 7. The van der Waals surface area contributed by atoms with Gasteiger partial charge in [-0.25, -0.2) is 9.97 Å². The van der Waals surface area contributed by atoms with Crippen LogP contribution in [0.1, 0.15) is 55.9 Å². The van der Waals surface area contributed by atoms with E-state index in [1.165, 1.54) is 12.4 Å². The molecular formula is C23H30ClN5O3. The van der Waals surface area contributed by atoms with E-state index in [2.05, 4.69) is 37.7 Å². The van der Waals surface area contributed by atoms with Gasteiger partial charge in [-0.15, -0.1) is 0 Å². The number of amides is 1. The highest BCUT2D eigenvalue weighted by molar-refractivity contribution is 6.31. The summed E-state index contributed by atoms with van der Waals surface area (Å²) in [6, 6.07) is 7.29. The van der Waals surface area contributed by atoms with Gasteiger partial charge in [0.05, 0.1) is 22.8 Å². The van der Waals surface area contributed by atoms with Crippen LogP contribution in [0.25, 0.3) is 0 Å². The Labute approximate surface area is 193 Å². The zero-order valence-corrected chi connectivity index (χ0v) is 19.6. The van der Waals surface area contributed by atoms with E-state index in [1.54, 1.807) is 12.1 Å². The zero-order chi connectivity index (χ0) is 23.9. The minimum atomic E-state index is -0.542. The Morgan fingerprint density at radius 2 is 1.88 bits per heavy atom. The van der Waals surface area contributed by atoms with E-state index in [1.807, 2.05) is 12.1 Å².